The fourth-order valence-electron chi connectivity index (χ4n) is 4.71. The average molecular weight is 464 g/mol. The van der Waals surface area contributed by atoms with Crippen LogP contribution in [0.25, 0.3) is 28.1 Å². The predicted octanol–water partition coefficient (Wildman–Crippen LogP) is 5.44. The molecule has 1 aliphatic rings. The summed E-state index contributed by atoms with van der Waals surface area (Å²) in [4.78, 5) is 11.9. The van der Waals surface area contributed by atoms with E-state index < -0.39 is 0 Å². The summed E-state index contributed by atoms with van der Waals surface area (Å²) in [5.41, 5.74) is 8.17. The van der Waals surface area contributed by atoms with Crippen LogP contribution in [0.2, 0.25) is 0 Å². The first kappa shape index (κ1) is 22.8. The molecule has 5 rings (SSSR count). The number of benzene rings is 3. The van der Waals surface area contributed by atoms with Crippen molar-refractivity contribution in [3.05, 3.63) is 107 Å². The van der Waals surface area contributed by atoms with Crippen molar-refractivity contribution in [1.29, 1.82) is 0 Å². The topological polar surface area (TPSA) is 78.0 Å². The number of allylic oxidation sites excluding steroid dienone is 1. The lowest BCUT2D eigenvalue weighted by atomic mass is 9.73. The van der Waals surface area contributed by atoms with Gasteiger partial charge in [0.1, 0.15) is 0 Å². The number of nitrogens with one attached hydrogen (secondary N) is 2. The van der Waals surface area contributed by atoms with Gasteiger partial charge in [0, 0.05) is 18.0 Å². The maximum Gasteiger partial charge on any atom is 0.244 e. The summed E-state index contributed by atoms with van der Waals surface area (Å²) < 4.78 is 0. The van der Waals surface area contributed by atoms with Crippen LogP contribution in [0.3, 0.4) is 0 Å². The van der Waals surface area contributed by atoms with Gasteiger partial charge in [-0.25, -0.2) is 0 Å². The van der Waals surface area contributed by atoms with Crippen molar-refractivity contribution < 1.29 is 9.90 Å². The molecule has 0 saturated heterocycles. The number of aromatic amines is 1. The van der Waals surface area contributed by atoms with E-state index in [9.17, 15) is 4.79 Å². The first-order chi connectivity index (χ1) is 17.2. The quantitative estimate of drug-likeness (QED) is 0.240. The molecule has 0 spiro atoms. The second-order valence-corrected chi connectivity index (χ2v) is 8.89. The van der Waals surface area contributed by atoms with Crippen LogP contribution < -0.4 is 5.32 Å². The normalized spacial score (nSPS) is 14.7. The van der Waals surface area contributed by atoms with Crippen LogP contribution in [0.1, 0.15) is 41.5 Å². The van der Waals surface area contributed by atoms with Gasteiger partial charge in [-0.15, -0.1) is 0 Å². The third-order valence-corrected chi connectivity index (χ3v) is 6.66. The maximum atomic E-state index is 11.9. The van der Waals surface area contributed by atoms with Gasteiger partial charge in [-0.1, -0.05) is 73.2 Å². The van der Waals surface area contributed by atoms with Gasteiger partial charge < -0.3 is 10.4 Å². The van der Waals surface area contributed by atoms with Crippen LogP contribution >= 0.6 is 0 Å². The van der Waals surface area contributed by atoms with Gasteiger partial charge in [0.25, 0.3) is 0 Å². The highest BCUT2D eigenvalue weighted by Crippen LogP contribution is 2.46. The van der Waals surface area contributed by atoms with E-state index in [0.717, 1.165) is 22.0 Å². The number of aromatic nitrogens is 2. The fraction of sp³-hybridized carbons (Fsp3) is 0.200. The number of aliphatic hydroxyl groups is 1. The largest absolute Gasteiger partial charge is 0.395 e. The van der Waals surface area contributed by atoms with Crippen LogP contribution in [0, 0.1) is 5.92 Å². The summed E-state index contributed by atoms with van der Waals surface area (Å²) in [6.45, 7) is 0.177. The summed E-state index contributed by atoms with van der Waals surface area (Å²) >= 11 is 0. The van der Waals surface area contributed by atoms with E-state index in [-0.39, 0.29) is 19.1 Å². The van der Waals surface area contributed by atoms with E-state index >= 15 is 0 Å². The highest BCUT2D eigenvalue weighted by molar-refractivity contribution is 6.06. The monoisotopic (exact) mass is 463 g/mol. The Morgan fingerprint density at radius 1 is 1.00 bits per heavy atom. The minimum absolute atomic E-state index is 0.0719. The molecule has 1 aromatic heterocycles. The lowest BCUT2D eigenvalue weighted by molar-refractivity contribution is -0.116. The molecule has 1 fully saturated rings. The van der Waals surface area contributed by atoms with Gasteiger partial charge in [-0.05, 0) is 64.3 Å². The average Bonchev–Trinajstić information content (AvgIpc) is 3.36. The molecule has 35 heavy (non-hydrogen) atoms. The van der Waals surface area contributed by atoms with E-state index in [1.54, 1.807) is 6.08 Å². The molecule has 0 aliphatic heterocycles. The molecule has 3 aromatic carbocycles. The number of hydrogen-bond acceptors (Lipinski definition) is 3. The lowest BCUT2D eigenvalue weighted by Crippen LogP contribution is -2.24. The van der Waals surface area contributed by atoms with E-state index in [2.05, 4.69) is 76.2 Å². The van der Waals surface area contributed by atoms with Crippen molar-refractivity contribution in [3.8, 4) is 0 Å². The number of amides is 1. The van der Waals surface area contributed by atoms with E-state index in [0.29, 0.717) is 5.92 Å². The van der Waals surface area contributed by atoms with Crippen molar-refractivity contribution in [2.75, 3.05) is 13.2 Å². The number of carbonyl (C=O) groups excluding carboxylic acids is 1. The Labute approximate surface area is 205 Å². The third kappa shape index (κ3) is 4.96. The summed E-state index contributed by atoms with van der Waals surface area (Å²) in [6.07, 6.45) is 8.85. The van der Waals surface area contributed by atoms with Crippen LogP contribution in [-0.2, 0) is 4.79 Å². The summed E-state index contributed by atoms with van der Waals surface area (Å²) in [5.74, 6) is 0.302. The molecule has 1 aliphatic carbocycles. The Morgan fingerprint density at radius 3 is 2.51 bits per heavy atom. The number of fused-ring (bicyclic) bond motifs is 1. The zero-order valence-corrected chi connectivity index (χ0v) is 19.6. The van der Waals surface area contributed by atoms with E-state index in [4.69, 9.17) is 5.11 Å². The Morgan fingerprint density at radius 2 is 1.80 bits per heavy atom. The molecule has 4 aromatic rings. The van der Waals surface area contributed by atoms with Crippen LogP contribution in [0.4, 0.5) is 0 Å². The molecule has 0 radical (unpaired) electrons. The number of carbonyl (C=O) groups is 1. The molecule has 0 atom stereocenters. The standard InChI is InChI=1S/C30H29N3O2/c34-19-18-31-28(35)17-14-21-12-15-24(16-13-21)30(25-10-5-11-27-26(25)20-32-33-27)29(23-8-4-9-23)22-6-2-1-3-7-22/h1-3,5-7,10-17,20,23,34H,4,8-9,18-19H2,(H,31,35)(H,32,33)/b17-14+,30-29-. The Bertz CT molecular complexity index is 1360. The lowest BCUT2D eigenvalue weighted by Gasteiger charge is -2.31. The van der Waals surface area contributed by atoms with E-state index in [1.807, 2.05) is 18.3 Å². The number of nitrogens with zero attached hydrogens (tertiary/aromatic N) is 1. The second kappa shape index (κ2) is 10.5. The summed E-state index contributed by atoms with van der Waals surface area (Å²) in [5, 5.41) is 20.0. The molecule has 1 amide bonds. The van der Waals surface area contributed by atoms with Gasteiger partial charge in [0.2, 0.25) is 5.91 Å². The molecule has 0 bridgehead atoms. The highest BCUT2D eigenvalue weighted by Gasteiger charge is 2.27. The van der Waals surface area contributed by atoms with Gasteiger partial charge in [0.15, 0.2) is 0 Å². The van der Waals surface area contributed by atoms with Crippen LogP contribution in [-0.4, -0.2) is 34.4 Å². The Balaban J connectivity index is 1.62. The van der Waals surface area contributed by atoms with Crippen molar-refractivity contribution in [3.63, 3.8) is 0 Å². The minimum atomic E-state index is -0.216. The zero-order valence-electron chi connectivity index (χ0n) is 19.6. The van der Waals surface area contributed by atoms with Gasteiger partial charge in [0.05, 0.1) is 18.3 Å². The Hall–Kier alpha value is -3.96. The number of hydrogen-bond donors (Lipinski definition) is 3. The second-order valence-electron chi connectivity index (χ2n) is 8.89. The number of rotatable bonds is 8. The molecular formula is C30H29N3O2. The van der Waals surface area contributed by atoms with Gasteiger partial charge >= 0.3 is 0 Å². The molecule has 1 saturated carbocycles. The smallest absolute Gasteiger partial charge is 0.244 e. The highest BCUT2D eigenvalue weighted by atomic mass is 16.3. The molecule has 176 valence electrons. The molecule has 5 heteroatoms. The zero-order chi connectivity index (χ0) is 24.0. The first-order valence-electron chi connectivity index (χ1n) is 12.1. The molecule has 3 N–H and O–H groups in total. The van der Waals surface area contributed by atoms with Gasteiger partial charge in [-0.2, -0.15) is 5.10 Å². The minimum Gasteiger partial charge on any atom is -0.395 e. The van der Waals surface area contributed by atoms with Crippen LogP contribution in [0.5, 0.6) is 0 Å². The molecule has 0 unspecified atom stereocenters. The van der Waals surface area contributed by atoms with Crippen LogP contribution in [0.15, 0.2) is 85.1 Å². The van der Waals surface area contributed by atoms with Crippen molar-refractivity contribution in [1.82, 2.24) is 15.5 Å². The van der Waals surface area contributed by atoms with Gasteiger partial charge in [-0.3, -0.25) is 9.89 Å². The van der Waals surface area contributed by atoms with Crippen molar-refractivity contribution in [2.45, 2.75) is 19.3 Å². The fourth-order valence-corrected chi connectivity index (χ4v) is 4.71. The summed E-state index contributed by atoms with van der Waals surface area (Å²) in [6, 6.07) is 25.4. The maximum absolute atomic E-state index is 11.9. The molecular weight excluding hydrogens is 434 g/mol. The van der Waals surface area contributed by atoms with E-state index in [1.165, 1.54) is 47.6 Å². The molecule has 1 heterocycles. The predicted molar refractivity (Wildman–Crippen MR) is 141 cm³/mol. The Kier molecular flexibility index (Phi) is 6.87. The number of aliphatic hydroxyl groups excluding tert-OH is 1. The third-order valence-electron chi connectivity index (χ3n) is 6.66. The number of H-pyrrole nitrogens is 1. The SMILES string of the molecule is O=C(/C=C/c1ccc(/C(=C(\c2ccccc2)C2CCC2)c2cccc3[nH]ncc23)cc1)NCCO. The summed E-state index contributed by atoms with van der Waals surface area (Å²) in [7, 11) is 0. The van der Waals surface area contributed by atoms with Crippen molar-refractivity contribution >= 4 is 34.0 Å². The first-order valence-corrected chi connectivity index (χ1v) is 12.1. The molecule has 5 nitrogen and oxygen atoms in total. The van der Waals surface area contributed by atoms with Crippen molar-refractivity contribution in [2.24, 2.45) is 5.92 Å².